The summed E-state index contributed by atoms with van der Waals surface area (Å²) in [6.45, 7) is 2.91. The lowest BCUT2D eigenvalue weighted by Gasteiger charge is -2.18. The number of fused-ring (bicyclic) bond motifs is 1. The van der Waals surface area contributed by atoms with Crippen molar-refractivity contribution in [1.29, 1.82) is 0 Å². The van der Waals surface area contributed by atoms with Gasteiger partial charge >= 0.3 is 0 Å². The summed E-state index contributed by atoms with van der Waals surface area (Å²) >= 11 is 0. The molecule has 1 aromatic carbocycles. The van der Waals surface area contributed by atoms with Gasteiger partial charge in [0.1, 0.15) is 12.2 Å². The topological polar surface area (TPSA) is 55.6 Å². The summed E-state index contributed by atoms with van der Waals surface area (Å²) in [5.41, 5.74) is 2.26. The highest BCUT2D eigenvalue weighted by atomic mass is 15.3. The molecular weight excluding hydrogens is 262 g/mol. The Balaban J connectivity index is 1.99. The van der Waals surface area contributed by atoms with Gasteiger partial charge in [0.05, 0.1) is 5.52 Å². The zero-order valence-corrected chi connectivity index (χ0v) is 12.3. The molecule has 0 aliphatic carbocycles. The molecule has 0 aliphatic heterocycles. The van der Waals surface area contributed by atoms with Gasteiger partial charge in [0, 0.05) is 30.6 Å². The summed E-state index contributed by atoms with van der Waals surface area (Å²) in [5.74, 6) is 0.998. The highest BCUT2D eigenvalue weighted by Gasteiger charge is 2.16. The van der Waals surface area contributed by atoms with Crippen molar-refractivity contribution in [3.8, 4) is 0 Å². The Morgan fingerprint density at radius 2 is 2.10 bits per heavy atom. The molecular formula is C16H19N5. The highest BCUT2D eigenvalue weighted by Crippen LogP contribution is 2.25. The smallest absolute Gasteiger partial charge is 0.138 e. The summed E-state index contributed by atoms with van der Waals surface area (Å²) < 4.78 is 1.94. The van der Waals surface area contributed by atoms with Gasteiger partial charge in [0.2, 0.25) is 0 Å². The number of nitrogens with one attached hydrogen (secondary N) is 1. The van der Waals surface area contributed by atoms with Gasteiger partial charge < -0.3 is 5.32 Å². The van der Waals surface area contributed by atoms with Crippen molar-refractivity contribution in [2.24, 2.45) is 0 Å². The first kappa shape index (κ1) is 13.7. The summed E-state index contributed by atoms with van der Waals surface area (Å²) in [4.78, 5) is 8.80. The third kappa shape index (κ3) is 2.64. The van der Waals surface area contributed by atoms with E-state index in [0.29, 0.717) is 0 Å². The molecule has 1 unspecified atom stereocenters. The Labute approximate surface area is 124 Å². The molecule has 1 N–H and O–H groups in total. The largest absolute Gasteiger partial charge is 0.313 e. The van der Waals surface area contributed by atoms with E-state index in [1.807, 2.05) is 30.1 Å². The molecule has 0 amide bonds. The molecule has 0 fully saturated rings. The van der Waals surface area contributed by atoms with Crippen LogP contribution in [0.5, 0.6) is 0 Å². The molecule has 0 spiro atoms. The van der Waals surface area contributed by atoms with Crippen molar-refractivity contribution in [3.05, 3.63) is 54.2 Å². The van der Waals surface area contributed by atoms with Gasteiger partial charge in [-0.05, 0) is 31.7 Å². The molecule has 5 heteroatoms. The summed E-state index contributed by atoms with van der Waals surface area (Å²) in [6.07, 6.45) is 4.25. The molecule has 5 nitrogen and oxygen atoms in total. The van der Waals surface area contributed by atoms with E-state index in [1.165, 1.54) is 10.9 Å². The predicted molar refractivity (Wildman–Crippen MR) is 82.9 cm³/mol. The Kier molecular flexibility index (Phi) is 3.92. The van der Waals surface area contributed by atoms with Crippen LogP contribution in [-0.4, -0.2) is 26.8 Å². The predicted octanol–water partition coefficient (Wildman–Crippen LogP) is 2.35. The molecule has 0 aliphatic rings. The van der Waals surface area contributed by atoms with Crippen LogP contribution in [0.3, 0.4) is 0 Å². The van der Waals surface area contributed by atoms with Gasteiger partial charge in [-0.15, -0.1) is 0 Å². The number of hydrogen-bond donors (Lipinski definition) is 1. The van der Waals surface area contributed by atoms with Crippen molar-refractivity contribution in [3.63, 3.8) is 0 Å². The summed E-state index contributed by atoms with van der Waals surface area (Å²) in [6, 6.07) is 10.5. The molecule has 1 atom stereocenters. The number of rotatable bonds is 5. The Morgan fingerprint density at radius 1 is 1.19 bits per heavy atom. The third-order valence-corrected chi connectivity index (χ3v) is 3.79. The quantitative estimate of drug-likeness (QED) is 0.780. The van der Waals surface area contributed by atoms with E-state index in [1.54, 1.807) is 6.33 Å². The van der Waals surface area contributed by atoms with Crippen LogP contribution in [0.2, 0.25) is 0 Å². The number of likely N-dealkylation sites (N-methyl/N-ethyl adjacent to an activating group) is 1. The van der Waals surface area contributed by atoms with Gasteiger partial charge in [0.15, 0.2) is 0 Å². The van der Waals surface area contributed by atoms with Crippen LogP contribution < -0.4 is 5.32 Å². The van der Waals surface area contributed by atoms with E-state index < -0.39 is 0 Å². The minimum absolute atomic E-state index is 0.187. The molecule has 0 bridgehead atoms. The van der Waals surface area contributed by atoms with E-state index in [0.717, 1.165) is 24.3 Å². The van der Waals surface area contributed by atoms with Crippen LogP contribution in [-0.2, 0) is 13.0 Å². The average Bonchev–Trinajstić information content (AvgIpc) is 2.99. The van der Waals surface area contributed by atoms with E-state index in [2.05, 4.69) is 45.5 Å². The lowest BCUT2D eigenvalue weighted by molar-refractivity contribution is 0.536. The number of hydrogen-bond acceptors (Lipinski definition) is 4. The fraction of sp³-hybridized carbons (Fsp3) is 0.312. The lowest BCUT2D eigenvalue weighted by atomic mass is 9.98. The summed E-state index contributed by atoms with van der Waals surface area (Å²) in [5, 5.41) is 8.82. The molecule has 108 valence electrons. The number of benzene rings is 1. The maximum absolute atomic E-state index is 4.43. The van der Waals surface area contributed by atoms with Crippen LogP contribution in [0.4, 0.5) is 0 Å². The Hall–Kier alpha value is -2.27. The monoisotopic (exact) mass is 281 g/mol. The number of aromatic nitrogens is 4. The summed E-state index contributed by atoms with van der Waals surface area (Å²) in [7, 11) is 1.98. The van der Waals surface area contributed by atoms with Gasteiger partial charge in [-0.2, -0.15) is 5.10 Å². The maximum atomic E-state index is 4.43. The zero-order valence-electron chi connectivity index (χ0n) is 12.3. The molecule has 3 rings (SSSR count). The molecule has 2 aromatic heterocycles. The van der Waals surface area contributed by atoms with Crippen molar-refractivity contribution in [2.75, 3.05) is 7.05 Å². The van der Waals surface area contributed by atoms with Crippen LogP contribution in [0.15, 0.2) is 42.9 Å². The van der Waals surface area contributed by atoms with Crippen molar-refractivity contribution < 1.29 is 0 Å². The van der Waals surface area contributed by atoms with Gasteiger partial charge in [0.25, 0.3) is 0 Å². The zero-order chi connectivity index (χ0) is 14.7. The molecule has 3 aromatic rings. The first-order valence-corrected chi connectivity index (χ1v) is 7.21. The average molecular weight is 281 g/mol. The number of pyridine rings is 1. The van der Waals surface area contributed by atoms with E-state index in [-0.39, 0.29) is 6.04 Å². The Morgan fingerprint density at radius 3 is 2.90 bits per heavy atom. The molecule has 0 saturated carbocycles. The first-order chi connectivity index (χ1) is 10.3. The number of nitrogens with zero attached hydrogens (tertiary/aromatic N) is 4. The minimum Gasteiger partial charge on any atom is -0.313 e. The fourth-order valence-electron chi connectivity index (χ4n) is 2.69. The molecule has 2 heterocycles. The van der Waals surface area contributed by atoms with Crippen LogP contribution in [0, 0.1) is 0 Å². The van der Waals surface area contributed by atoms with Crippen LogP contribution >= 0.6 is 0 Å². The van der Waals surface area contributed by atoms with E-state index in [4.69, 9.17) is 0 Å². The number of aryl methyl sites for hydroxylation is 1. The Bertz CT molecular complexity index is 729. The van der Waals surface area contributed by atoms with Crippen molar-refractivity contribution >= 4 is 10.9 Å². The van der Waals surface area contributed by atoms with Crippen LogP contribution in [0.25, 0.3) is 10.9 Å². The van der Waals surface area contributed by atoms with Crippen molar-refractivity contribution in [2.45, 2.75) is 25.9 Å². The first-order valence-electron chi connectivity index (χ1n) is 7.21. The van der Waals surface area contributed by atoms with Gasteiger partial charge in [-0.1, -0.05) is 18.2 Å². The van der Waals surface area contributed by atoms with Gasteiger partial charge in [-0.25, -0.2) is 4.98 Å². The van der Waals surface area contributed by atoms with E-state index in [9.17, 15) is 0 Å². The fourth-order valence-corrected chi connectivity index (χ4v) is 2.69. The van der Waals surface area contributed by atoms with E-state index >= 15 is 0 Å². The second kappa shape index (κ2) is 6.01. The minimum atomic E-state index is 0.187. The molecule has 0 saturated heterocycles. The highest BCUT2D eigenvalue weighted by molar-refractivity contribution is 5.82. The lowest BCUT2D eigenvalue weighted by Crippen LogP contribution is -2.21. The SMILES string of the molecule is CCn1ncnc1CC(NC)c1cccc2ncccc12. The third-order valence-electron chi connectivity index (χ3n) is 3.79. The molecule has 0 radical (unpaired) electrons. The molecule has 21 heavy (non-hydrogen) atoms. The normalized spacial score (nSPS) is 12.7. The standard InChI is InChI=1S/C16H19N5/c1-3-21-16(19-11-20-21)10-15(17-2)13-6-4-8-14-12(13)7-5-9-18-14/h4-9,11,15,17H,3,10H2,1-2H3. The van der Waals surface area contributed by atoms with Gasteiger partial charge in [-0.3, -0.25) is 9.67 Å². The second-order valence-corrected chi connectivity index (χ2v) is 4.95. The second-order valence-electron chi connectivity index (χ2n) is 4.95. The van der Waals surface area contributed by atoms with Crippen molar-refractivity contribution in [1.82, 2.24) is 25.1 Å². The van der Waals surface area contributed by atoms with Crippen LogP contribution in [0.1, 0.15) is 24.4 Å². The maximum Gasteiger partial charge on any atom is 0.138 e.